The van der Waals surface area contributed by atoms with Gasteiger partial charge in [-0.15, -0.1) is 0 Å². The minimum atomic E-state index is -0.170. The Labute approximate surface area is 138 Å². The van der Waals surface area contributed by atoms with E-state index in [1.807, 2.05) is 6.92 Å². The zero-order valence-electron chi connectivity index (χ0n) is 14.2. The molecule has 0 aliphatic carbocycles. The molecule has 1 aromatic rings. The molecular weight excluding hydrogens is 302 g/mol. The van der Waals surface area contributed by atoms with E-state index in [9.17, 15) is 4.79 Å². The number of carbonyl (C=O) groups is 1. The molecule has 0 aliphatic heterocycles. The van der Waals surface area contributed by atoms with Crippen LogP contribution in [-0.4, -0.2) is 25.7 Å². The molecule has 1 atom stereocenters. The molecule has 1 aromatic carbocycles. The van der Waals surface area contributed by atoms with Gasteiger partial charge in [0.2, 0.25) is 0 Å². The first-order chi connectivity index (χ1) is 10.3. The highest BCUT2D eigenvalue weighted by Crippen LogP contribution is 2.36. The molecule has 0 heterocycles. The van der Waals surface area contributed by atoms with Crippen molar-refractivity contribution in [3.63, 3.8) is 0 Å². The van der Waals surface area contributed by atoms with E-state index in [0.29, 0.717) is 40.5 Å². The number of carbonyl (C=O) groups excluding carboxylic acids is 1. The van der Waals surface area contributed by atoms with Gasteiger partial charge in [-0.05, 0) is 30.9 Å². The summed E-state index contributed by atoms with van der Waals surface area (Å²) in [6.45, 7) is 10.7. The molecule has 1 amide bonds. The second kappa shape index (κ2) is 8.28. The number of hydrogen-bond acceptors (Lipinski definition) is 3. The first kappa shape index (κ1) is 18.6. The smallest absolute Gasteiger partial charge is 0.251 e. The average molecular weight is 328 g/mol. The number of methoxy groups -OCH3 is 1. The fourth-order valence-corrected chi connectivity index (χ4v) is 1.96. The Hall–Kier alpha value is -1.42. The van der Waals surface area contributed by atoms with Gasteiger partial charge < -0.3 is 14.8 Å². The molecular formula is C17H26ClNO3. The summed E-state index contributed by atoms with van der Waals surface area (Å²) >= 11 is 6.25. The van der Waals surface area contributed by atoms with Crippen LogP contribution >= 0.6 is 11.6 Å². The predicted octanol–water partition coefficient (Wildman–Crippen LogP) is 4.16. The van der Waals surface area contributed by atoms with E-state index in [0.717, 1.165) is 0 Å². The molecule has 1 rings (SSSR count). The molecule has 0 aliphatic rings. The lowest BCUT2D eigenvalue weighted by molar-refractivity contribution is 0.0930. The highest BCUT2D eigenvalue weighted by atomic mass is 35.5. The van der Waals surface area contributed by atoms with Gasteiger partial charge in [0.1, 0.15) is 0 Å². The second-order valence-corrected chi connectivity index (χ2v) is 6.61. The van der Waals surface area contributed by atoms with Crippen LogP contribution in [0.15, 0.2) is 12.1 Å². The van der Waals surface area contributed by atoms with Crippen molar-refractivity contribution in [2.24, 2.45) is 11.8 Å². The van der Waals surface area contributed by atoms with Crippen LogP contribution in [0.1, 0.15) is 45.0 Å². The molecule has 0 saturated heterocycles. The predicted molar refractivity (Wildman–Crippen MR) is 90.1 cm³/mol. The fourth-order valence-electron chi connectivity index (χ4n) is 1.70. The Balaban J connectivity index is 2.99. The van der Waals surface area contributed by atoms with E-state index in [4.69, 9.17) is 21.1 Å². The number of rotatable bonds is 7. The maximum atomic E-state index is 12.3. The number of amides is 1. The second-order valence-electron chi connectivity index (χ2n) is 6.20. The van der Waals surface area contributed by atoms with Gasteiger partial charge in [-0.3, -0.25) is 4.79 Å². The monoisotopic (exact) mass is 327 g/mol. The van der Waals surface area contributed by atoms with E-state index in [1.54, 1.807) is 12.1 Å². The molecule has 0 spiro atoms. The largest absolute Gasteiger partial charge is 0.493 e. The maximum Gasteiger partial charge on any atom is 0.251 e. The summed E-state index contributed by atoms with van der Waals surface area (Å²) in [5.74, 6) is 1.50. The molecule has 0 fully saturated rings. The summed E-state index contributed by atoms with van der Waals surface area (Å²) in [6, 6.07) is 3.35. The van der Waals surface area contributed by atoms with Crippen molar-refractivity contribution in [2.45, 2.75) is 40.7 Å². The zero-order chi connectivity index (χ0) is 16.9. The summed E-state index contributed by atoms with van der Waals surface area (Å²) in [5, 5.41) is 3.33. The lowest BCUT2D eigenvalue weighted by Gasteiger charge is -2.19. The summed E-state index contributed by atoms with van der Waals surface area (Å²) < 4.78 is 11.0. The summed E-state index contributed by atoms with van der Waals surface area (Å²) in [7, 11) is 1.53. The van der Waals surface area contributed by atoms with Gasteiger partial charge in [0.25, 0.3) is 5.91 Å². The van der Waals surface area contributed by atoms with E-state index in [-0.39, 0.29) is 11.9 Å². The van der Waals surface area contributed by atoms with Crippen molar-refractivity contribution in [1.29, 1.82) is 0 Å². The Morgan fingerprint density at radius 1 is 1.23 bits per heavy atom. The summed E-state index contributed by atoms with van der Waals surface area (Å²) in [6.07, 6.45) is 0. The Morgan fingerprint density at radius 3 is 2.36 bits per heavy atom. The third-order valence-electron chi connectivity index (χ3n) is 3.41. The molecule has 22 heavy (non-hydrogen) atoms. The van der Waals surface area contributed by atoms with Gasteiger partial charge in [0.15, 0.2) is 11.5 Å². The van der Waals surface area contributed by atoms with Crippen molar-refractivity contribution in [3.05, 3.63) is 22.7 Å². The summed E-state index contributed by atoms with van der Waals surface area (Å²) in [5.41, 5.74) is 0.464. The quantitative estimate of drug-likeness (QED) is 0.818. The first-order valence-corrected chi connectivity index (χ1v) is 7.95. The van der Waals surface area contributed by atoms with Crippen molar-refractivity contribution in [1.82, 2.24) is 5.32 Å². The molecule has 1 unspecified atom stereocenters. The molecule has 0 saturated carbocycles. The fraction of sp³-hybridized carbons (Fsp3) is 0.588. The van der Waals surface area contributed by atoms with Gasteiger partial charge >= 0.3 is 0 Å². The van der Waals surface area contributed by atoms with Crippen molar-refractivity contribution < 1.29 is 14.3 Å². The number of halogens is 1. The van der Waals surface area contributed by atoms with Gasteiger partial charge in [0, 0.05) is 11.6 Å². The average Bonchev–Trinajstić information content (AvgIpc) is 2.44. The van der Waals surface area contributed by atoms with Gasteiger partial charge in [0.05, 0.1) is 18.7 Å². The highest BCUT2D eigenvalue weighted by molar-refractivity contribution is 6.32. The Morgan fingerprint density at radius 2 is 1.86 bits per heavy atom. The maximum absolute atomic E-state index is 12.3. The number of nitrogens with one attached hydrogen (secondary N) is 1. The minimum Gasteiger partial charge on any atom is -0.493 e. The number of benzene rings is 1. The zero-order valence-corrected chi connectivity index (χ0v) is 15.0. The van der Waals surface area contributed by atoms with E-state index >= 15 is 0 Å². The van der Waals surface area contributed by atoms with Crippen LogP contribution in [0.5, 0.6) is 11.5 Å². The Bertz CT molecular complexity index is 515. The third kappa shape index (κ3) is 5.09. The van der Waals surface area contributed by atoms with Gasteiger partial charge in [-0.25, -0.2) is 0 Å². The lowest BCUT2D eigenvalue weighted by Crippen LogP contribution is -2.36. The van der Waals surface area contributed by atoms with Crippen LogP contribution in [0.2, 0.25) is 5.02 Å². The number of ether oxygens (including phenoxy) is 2. The van der Waals surface area contributed by atoms with E-state index in [2.05, 4.69) is 33.0 Å². The van der Waals surface area contributed by atoms with E-state index in [1.165, 1.54) is 7.11 Å². The number of hydrogen-bond donors (Lipinski definition) is 1. The lowest BCUT2D eigenvalue weighted by atomic mass is 10.1. The highest BCUT2D eigenvalue weighted by Gasteiger charge is 2.18. The molecule has 0 bridgehead atoms. The normalized spacial score (nSPS) is 12.4. The van der Waals surface area contributed by atoms with E-state index < -0.39 is 0 Å². The molecule has 0 radical (unpaired) electrons. The molecule has 5 heteroatoms. The van der Waals surface area contributed by atoms with Crippen LogP contribution in [0.25, 0.3) is 0 Å². The van der Waals surface area contributed by atoms with Crippen LogP contribution in [0, 0.1) is 11.8 Å². The van der Waals surface area contributed by atoms with Crippen LogP contribution in [-0.2, 0) is 0 Å². The molecule has 4 nitrogen and oxygen atoms in total. The summed E-state index contributed by atoms with van der Waals surface area (Å²) in [4.78, 5) is 12.3. The van der Waals surface area contributed by atoms with Crippen LogP contribution in [0.4, 0.5) is 0 Å². The third-order valence-corrected chi connectivity index (χ3v) is 3.69. The van der Waals surface area contributed by atoms with Crippen molar-refractivity contribution in [2.75, 3.05) is 13.7 Å². The topological polar surface area (TPSA) is 47.6 Å². The Kier molecular flexibility index (Phi) is 7.01. The first-order valence-electron chi connectivity index (χ1n) is 7.57. The van der Waals surface area contributed by atoms with Gasteiger partial charge in [-0.2, -0.15) is 0 Å². The standard InChI is InChI=1S/C17H26ClNO3/c1-10(2)9-22-16-14(18)7-13(8-15(16)21-6)17(20)19-12(5)11(3)4/h7-8,10-12H,9H2,1-6H3,(H,19,20). The van der Waals surface area contributed by atoms with Crippen molar-refractivity contribution >= 4 is 17.5 Å². The molecule has 0 aromatic heterocycles. The van der Waals surface area contributed by atoms with Gasteiger partial charge in [-0.1, -0.05) is 39.3 Å². The van der Waals surface area contributed by atoms with Crippen LogP contribution < -0.4 is 14.8 Å². The van der Waals surface area contributed by atoms with Crippen LogP contribution in [0.3, 0.4) is 0 Å². The molecule has 124 valence electrons. The minimum absolute atomic E-state index is 0.0779. The van der Waals surface area contributed by atoms with Crippen molar-refractivity contribution in [3.8, 4) is 11.5 Å². The SMILES string of the molecule is COc1cc(C(=O)NC(C)C(C)C)cc(Cl)c1OCC(C)C. The molecule has 1 N–H and O–H groups in total.